The van der Waals surface area contributed by atoms with Crippen LogP contribution in [0.25, 0.3) is 5.69 Å². The largest absolute Gasteiger partial charge is 0.348 e. The summed E-state index contributed by atoms with van der Waals surface area (Å²) in [6.07, 6.45) is 1.49. The van der Waals surface area contributed by atoms with Crippen molar-refractivity contribution in [3.05, 3.63) is 75.9 Å². The van der Waals surface area contributed by atoms with Crippen molar-refractivity contribution >= 4 is 23.3 Å². The smallest absolute Gasteiger partial charge is 0.324 e. The Balaban J connectivity index is 1.40. The molecule has 1 aliphatic heterocycles. The standard InChI is InChI=1S/C20H20ClN5O2/c21-15-6-8-17(9-7-15)26-20(28)23-18(24-26)14-10-12-25(13-11-14)19(27)22-16-4-2-1-3-5-16/h1-9,14H,10-13H2,(H,22,27)(H,23,24,28). The van der Waals surface area contributed by atoms with E-state index in [1.54, 1.807) is 29.2 Å². The van der Waals surface area contributed by atoms with Crippen LogP contribution in [0.1, 0.15) is 24.6 Å². The molecular formula is C20H20ClN5O2. The zero-order valence-electron chi connectivity index (χ0n) is 15.1. The van der Waals surface area contributed by atoms with Gasteiger partial charge < -0.3 is 10.2 Å². The van der Waals surface area contributed by atoms with Crippen LogP contribution in [0, 0.1) is 0 Å². The number of rotatable bonds is 3. The molecule has 1 aliphatic rings. The van der Waals surface area contributed by atoms with Gasteiger partial charge in [0.25, 0.3) is 0 Å². The molecule has 3 aromatic rings. The summed E-state index contributed by atoms with van der Waals surface area (Å²) >= 11 is 5.90. The number of likely N-dealkylation sites (tertiary alicyclic amines) is 1. The molecule has 2 heterocycles. The number of hydrogen-bond donors (Lipinski definition) is 2. The molecule has 0 radical (unpaired) electrons. The number of nitrogens with zero attached hydrogens (tertiary/aromatic N) is 3. The van der Waals surface area contributed by atoms with E-state index in [9.17, 15) is 9.59 Å². The van der Waals surface area contributed by atoms with E-state index in [2.05, 4.69) is 15.4 Å². The van der Waals surface area contributed by atoms with Gasteiger partial charge in [-0.2, -0.15) is 4.68 Å². The average molecular weight is 398 g/mol. The van der Waals surface area contributed by atoms with Crippen LogP contribution >= 0.6 is 11.6 Å². The first kappa shape index (κ1) is 18.3. The highest BCUT2D eigenvalue weighted by molar-refractivity contribution is 6.30. The Bertz CT molecular complexity index is 1010. The molecule has 1 aromatic heterocycles. The maximum atomic E-state index is 12.4. The summed E-state index contributed by atoms with van der Waals surface area (Å²) in [7, 11) is 0. The van der Waals surface area contributed by atoms with Gasteiger partial charge in [-0.05, 0) is 49.2 Å². The van der Waals surface area contributed by atoms with Gasteiger partial charge >= 0.3 is 11.7 Å². The molecule has 1 fully saturated rings. The van der Waals surface area contributed by atoms with Crippen molar-refractivity contribution < 1.29 is 4.79 Å². The number of halogens is 1. The summed E-state index contributed by atoms with van der Waals surface area (Å²) in [5.41, 5.74) is 1.17. The van der Waals surface area contributed by atoms with Crippen LogP contribution in [0.5, 0.6) is 0 Å². The zero-order valence-corrected chi connectivity index (χ0v) is 15.9. The second-order valence-corrected chi connectivity index (χ2v) is 7.20. The quantitative estimate of drug-likeness (QED) is 0.708. The lowest BCUT2D eigenvalue weighted by atomic mass is 9.96. The lowest BCUT2D eigenvalue weighted by molar-refractivity contribution is 0.193. The van der Waals surface area contributed by atoms with Gasteiger partial charge in [-0.25, -0.2) is 9.59 Å². The fraction of sp³-hybridized carbons (Fsp3) is 0.250. The first-order valence-electron chi connectivity index (χ1n) is 9.16. The van der Waals surface area contributed by atoms with Crippen molar-refractivity contribution in [2.24, 2.45) is 0 Å². The monoisotopic (exact) mass is 397 g/mol. The molecule has 7 nitrogen and oxygen atoms in total. The van der Waals surface area contributed by atoms with E-state index >= 15 is 0 Å². The van der Waals surface area contributed by atoms with Gasteiger partial charge in [-0.3, -0.25) is 4.98 Å². The summed E-state index contributed by atoms with van der Waals surface area (Å²) < 4.78 is 1.35. The molecule has 4 rings (SSSR count). The Hall–Kier alpha value is -3.06. The van der Waals surface area contributed by atoms with Gasteiger partial charge in [0.15, 0.2) is 0 Å². The van der Waals surface area contributed by atoms with E-state index in [4.69, 9.17) is 11.6 Å². The number of benzene rings is 2. The third kappa shape index (κ3) is 3.94. The number of piperidine rings is 1. The molecule has 28 heavy (non-hydrogen) atoms. The minimum Gasteiger partial charge on any atom is -0.324 e. The second-order valence-electron chi connectivity index (χ2n) is 6.76. The number of carbonyl (C=O) groups excluding carboxylic acids is 1. The zero-order chi connectivity index (χ0) is 19.5. The summed E-state index contributed by atoms with van der Waals surface area (Å²) in [5.74, 6) is 0.769. The maximum absolute atomic E-state index is 12.4. The molecule has 1 saturated heterocycles. The Kier molecular flexibility index (Phi) is 5.16. The number of nitrogens with one attached hydrogen (secondary N) is 2. The number of aromatic nitrogens is 3. The second kappa shape index (κ2) is 7.90. The Morgan fingerprint density at radius 3 is 2.43 bits per heavy atom. The molecule has 0 spiro atoms. The van der Waals surface area contributed by atoms with E-state index in [-0.39, 0.29) is 17.6 Å². The average Bonchev–Trinajstić information content (AvgIpc) is 3.11. The summed E-state index contributed by atoms with van der Waals surface area (Å²) in [5, 5.41) is 7.97. The SMILES string of the molecule is O=C(Nc1ccccc1)N1CCC(c2nn(-c3ccc(Cl)cc3)c(=O)[nH]2)CC1. The van der Waals surface area contributed by atoms with E-state index in [0.29, 0.717) is 29.6 Å². The molecule has 8 heteroatoms. The number of carbonyl (C=O) groups is 1. The summed E-state index contributed by atoms with van der Waals surface area (Å²) in [4.78, 5) is 29.3. The van der Waals surface area contributed by atoms with Crippen molar-refractivity contribution in [3.8, 4) is 5.69 Å². The normalized spacial score (nSPS) is 14.8. The minimum atomic E-state index is -0.276. The van der Waals surface area contributed by atoms with Crippen LogP contribution in [-0.4, -0.2) is 38.8 Å². The molecule has 0 atom stereocenters. The maximum Gasteiger partial charge on any atom is 0.348 e. The molecule has 144 valence electrons. The molecule has 0 unspecified atom stereocenters. The first-order chi connectivity index (χ1) is 13.6. The highest BCUT2D eigenvalue weighted by atomic mass is 35.5. The van der Waals surface area contributed by atoms with E-state index < -0.39 is 0 Å². The van der Waals surface area contributed by atoms with E-state index in [1.165, 1.54) is 4.68 Å². The highest BCUT2D eigenvalue weighted by Gasteiger charge is 2.26. The number of amides is 2. The molecule has 2 N–H and O–H groups in total. The van der Waals surface area contributed by atoms with Gasteiger partial charge in [-0.15, -0.1) is 5.10 Å². The molecule has 2 amide bonds. The predicted molar refractivity (Wildman–Crippen MR) is 108 cm³/mol. The topological polar surface area (TPSA) is 83.0 Å². The van der Waals surface area contributed by atoms with Gasteiger partial charge in [0.1, 0.15) is 5.82 Å². The number of hydrogen-bond acceptors (Lipinski definition) is 3. The van der Waals surface area contributed by atoms with Crippen molar-refractivity contribution in [2.45, 2.75) is 18.8 Å². The Morgan fingerprint density at radius 1 is 1.07 bits per heavy atom. The number of urea groups is 1. The Morgan fingerprint density at radius 2 is 1.75 bits per heavy atom. The van der Waals surface area contributed by atoms with Crippen LogP contribution in [-0.2, 0) is 0 Å². The van der Waals surface area contributed by atoms with Crippen LogP contribution in [0.4, 0.5) is 10.5 Å². The molecular weight excluding hydrogens is 378 g/mol. The van der Waals surface area contributed by atoms with Crippen molar-refractivity contribution in [3.63, 3.8) is 0 Å². The first-order valence-corrected chi connectivity index (χ1v) is 9.54. The van der Waals surface area contributed by atoms with Gasteiger partial charge in [0, 0.05) is 29.7 Å². The van der Waals surface area contributed by atoms with Crippen molar-refractivity contribution in [1.82, 2.24) is 19.7 Å². The Labute approximate surface area is 166 Å². The van der Waals surface area contributed by atoms with Crippen molar-refractivity contribution in [1.29, 1.82) is 0 Å². The predicted octanol–water partition coefficient (Wildman–Crippen LogP) is 3.63. The number of aromatic amines is 1. The fourth-order valence-electron chi connectivity index (χ4n) is 3.36. The summed E-state index contributed by atoms with van der Waals surface area (Å²) in [6.45, 7) is 1.22. The molecule has 0 bridgehead atoms. The van der Waals surface area contributed by atoms with Gasteiger partial charge in [-0.1, -0.05) is 29.8 Å². The van der Waals surface area contributed by atoms with E-state index in [1.807, 2.05) is 30.3 Å². The van der Waals surface area contributed by atoms with Crippen LogP contribution in [0.3, 0.4) is 0 Å². The lowest BCUT2D eigenvalue weighted by Crippen LogP contribution is -2.40. The van der Waals surface area contributed by atoms with Crippen LogP contribution in [0.2, 0.25) is 5.02 Å². The number of para-hydroxylation sites is 1. The van der Waals surface area contributed by atoms with Gasteiger partial charge in [0.2, 0.25) is 0 Å². The highest BCUT2D eigenvalue weighted by Crippen LogP contribution is 2.25. The number of H-pyrrole nitrogens is 1. The summed E-state index contributed by atoms with van der Waals surface area (Å²) in [6, 6.07) is 16.2. The molecule has 0 saturated carbocycles. The molecule has 0 aliphatic carbocycles. The number of anilines is 1. The van der Waals surface area contributed by atoms with E-state index in [0.717, 1.165) is 18.5 Å². The van der Waals surface area contributed by atoms with Gasteiger partial charge in [0.05, 0.1) is 5.69 Å². The van der Waals surface area contributed by atoms with Crippen molar-refractivity contribution in [2.75, 3.05) is 18.4 Å². The van der Waals surface area contributed by atoms with Crippen LogP contribution < -0.4 is 11.0 Å². The lowest BCUT2D eigenvalue weighted by Gasteiger charge is -2.31. The van der Waals surface area contributed by atoms with Crippen LogP contribution in [0.15, 0.2) is 59.4 Å². The minimum absolute atomic E-state index is 0.107. The fourth-order valence-corrected chi connectivity index (χ4v) is 3.49. The third-order valence-corrected chi connectivity index (χ3v) is 5.15. The third-order valence-electron chi connectivity index (χ3n) is 4.90. The molecule has 2 aromatic carbocycles.